The molecule has 6 heteroatoms. The van der Waals surface area contributed by atoms with E-state index >= 15 is 0 Å². The number of rotatable bonds is 8. The summed E-state index contributed by atoms with van der Waals surface area (Å²) in [6.07, 6.45) is 8.58. The molecule has 0 saturated carbocycles. The molecule has 3 aromatic heterocycles. The third kappa shape index (κ3) is 7.55. The summed E-state index contributed by atoms with van der Waals surface area (Å²) in [5.41, 5.74) is 16.6. The molecule has 0 radical (unpaired) electrons. The minimum atomic E-state index is -0.0456. The summed E-state index contributed by atoms with van der Waals surface area (Å²) in [4.78, 5) is 4.72. The lowest BCUT2D eigenvalue weighted by molar-refractivity contribution is 0.269. The molecule has 1 aliphatic heterocycles. The molecule has 1 aliphatic carbocycles. The highest BCUT2D eigenvalue weighted by Crippen LogP contribution is 2.52. The van der Waals surface area contributed by atoms with Crippen molar-refractivity contribution in [3.8, 4) is 28.0 Å². The predicted molar refractivity (Wildman–Crippen MR) is 364 cm³/mol. The number of anilines is 6. The van der Waals surface area contributed by atoms with Crippen LogP contribution in [-0.4, -0.2) is 6.10 Å². The van der Waals surface area contributed by atoms with E-state index in [1.165, 1.54) is 27.1 Å². The zero-order chi connectivity index (χ0) is 57.6. The topological polar surface area (TPSA) is 55.1 Å². The minimum Gasteiger partial charge on any atom is -0.485 e. The lowest BCUT2D eigenvalue weighted by Gasteiger charge is -2.28. The van der Waals surface area contributed by atoms with Gasteiger partial charge in [-0.1, -0.05) is 164 Å². The average Bonchev–Trinajstić information content (AvgIpc) is 1.20. The van der Waals surface area contributed by atoms with E-state index in [2.05, 4.69) is 265 Å². The second-order valence-electron chi connectivity index (χ2n) is 23.4. The molecular formula is C82H50N2O4. The summed E-state index contributed by atoms with van der Waals surface area (Å²) >= 11 is 0. The van der Waals surface area contributed by atoms with Crippen LogP contribution in [-0.2, 0) is 0 Å². The number of hydrogen-bond acceptors (Lipinski definition) is 6. The van der Waals surface area contributed by atoms with E-state index in [9.17, 15) is 0 Å². The number of furan rings is 3. The predicted octanol–water partition coefficient (Wildman–Crippen LogP) is 23.2. The van der Waals surface area contributed by atoms with Crippen LogP contribution in [0.1, 0.15) is 11.5 Å². The largest absolute Gasteiger partial charge is 0.485 e. The van der Waals surface area contributed by atoms with Gasteiger partial charge in [-0.2, -0.15) is 0 Å². The Morgan fingerprint density at radius 1 is 0.261 bits per heavy atom. The van der Waals surface area contributed by atoms with Gasteiger partial charge in [0, 0.05) is 102 Å². The highest BCUT2D eigenvalue weighted by atomic mass is 16.5. The van der Waals surface area contributed by atoms with Gasteiger partial charge in [0.25, 0.3) is 0 Å². The van der Waals surface area contributed by atoms with Gasteiger partial charge in [0.2, 0.25) is 0 Å². The van der Waals surface area contributed by atoms with Crippen LogP contribution < -0.4 is 14.5 Å². The van der Waals surface area contributed by atoms with E-state index in [0.29, 0.717) is 0 Å². The Morgan fingerprint density at radius 3 is 1.11 bits per heavy atom. The fraction of sp³-hybridized carbons (Fsp3) is 0.0244. The summed E-state index contributed by atoms with van der Waals surface area (Å²) in [5.74, 6) is 1.05. The van der Waals surface area contributed by atoms with Gasteiger partial charge in [-0.3, -0.25) is 0 Å². The third-order valence-electron chi connectivity index (χ3n) is 18.5. The number of ether oxygens (including phenoxy) is 1. The molecule has 0 amide bonds. The monoisotopic (exact) mass is 1130 g/mol. The summed E-state index contributed by atoms with van der Waals surface area (Å²) in [6.45, 7) is 0. The smallest absolute Gasteiger partial charge is 0.137 e. The van der Waals surface area contributed by atoms with E-state index in [-0.39, 0.29) is 12.0 Å². The first kappa shape index (κ1) is 48.7. The molecule has 0 bridgehead atoms. The first-order valence-corrected chi connectivity index (χ1v) is 30.1. The molecule has 0 N–H and O–H groups in total. The Balaban J connectivity index is 0.890. The SMILES string of the molecule is C1=CC2Oc3cc(N(c4ccc5c(c4)oc4ccccc45)c4ccc5c(-c6ccc7ccccc7c6)c6cc(N(c7ccc8c(c7)oc7ccccc78)c7ccc8c(c7)oc7ccccc78)ccc6c(-c6ccc7ccccc7c6)c5c4)ccc3C2C=C1. The van der Waals surface area contributed by atoms with Crippen LogP contribution in [0.2, 0.25) is 0 Å². The van der Waals surface area contributed by atoms with Crippen molar-refractivity contribution in [1.29, 1.82) is 0 Å². The quantitative estimate of drug-likeness (QED) is 0.141. The molecule has 17 aromatic rings. The molecule has 2 aliphatic rings. The first-order valence-electron chi connectivity index (χ1n) is 30.1. The van der Waals surface area contributed by atoms with Crippen LogP contribution in [0.15, 0.2) is 304 Å². The number of allylic oxidation sites excluding steroid dienone is 2. The Kier molecular flexibility index (Phi) is 10.5. The van der Waals surface area contributed by atoms with E-state index in [1.54, 1.807) is 0 Å². The van der Waals surface area contributed by atoms with Crippen LogP contribution in [0.4, 0.5) is 34.1 Å². The standard InChI is InChI=1S/C82H50N2O4/c1-3-15-51-41-53(27-25-49(51)13-1)81-69-39-33-56(84(59-31-37-67-63-19-7-11-23-75(63)87-79(67)47-59)60-32-38-68-64-20-8-12-24-76(64)88-80(68)48-60)44-72(69)82(54-28-26-50-14-2-4-16-52(50)42-54)70-40-34-55(43-71(70)81)83(57-29-35-65-61-17-5-9-21-73(61)85-77(65)45-57)58-30-36-66-62-18-6-10-22-74(62)86-78(66)46-58/h1-48,61,73H. The van der Waals surface area contributed by atoms with Crippen LogP contribution in [0.3, 0.4) is 0 Å². The Bertz CT molecular complexity index is 5740. The van der Waals surface area contributed by atoms with Crippen molar-refractivity contribution in [2.24, 2.45) is 0 Å². The normalized spacial score (nSPS) is 14.6. The second-order valence-corrected chi connectivity index (χ2v) is 23.4. The fourth-order valence-electron chi connectivity index (χ4n) is 14.4. The van der Waals surface area contributed by atoms with Gasteiger partial charge in [0.05, 0.1) is 0 Å². The number of benzene rings is 14. The van der Waals surface area contributed by atoms with Gasteiger partial charge >= 0.3 is 0 Å². The Labute approximate surface area is 504 Å². The molecule has 88 heavy (non-hydrogen) atoms. The maximum Gasteiger partial charge on any atom is 0.137 e. The molecule has 2 unspecified atom stereocenters. The van der Waals surface area contributed by atoms with Crippen molar-refractivity contribution in [1.82, 2.24) is 0 Å². The van der Waals surface area contributed by atoms with Gasteiger partial charge < -0.3 is 27.8 Å². The van der Waals surface area contributed by atoms with Crippen molar-refractivity contribution >= 4 is 143 Å². The van der Waals surface area contributed by atoms with Gasteiger partial charge in [0.15, 0.2) is 0 Å². The van der Waals surface area contributed by atoms with Gasteiger partial charge in [0.1, 0.15) is 45.4 Å². The molecule has 14 aromatic carbocycles. The lowest BCUT2D eigenvalue weighted by Crippen LogP contribution is -2.15. The zero-order valence-corrected chi connectivity index (χ0v) is 47.4. The lowest BCUT2D eigenvalue weighted by atomic mass is 9.84. The van der Waals surface area contributed by atoms with Crippen molar-refractivity contribution < 1.29 is 18.0 Å². The number of para-hydroxylation sites is 3. The zero-order valence-electron chi connectivity index (χ0n) is 47.4. The maximum absolute atomic E-state index is 6.76. The van der Waals surface area contributed by atoms with Crippen molar-refractivity contribution in [2.75, 3.05) is 9.80 Å². The fourth-order valence-corrected chi connectivity index (χ4v) is 14.4. The number of hydrogen-bond donors (Lipinski definition) is 0. The second kappa shape index (κ2) is 19.0. The number of fused-ring (bicyclic) bond motifs is 16. The Hall–Kier alpha value is -11.6. The minimum absolute atomic E-state index is 0.0456. The van der Waals surface area contributed by atoms with E-state index in [4.69, 9.17) is 18.0 Å². The molecule has 4 heterocycles. The number of nitrogens with zero attached hydrogens (tertiary/aromatic N) is 2. The van der Waals surface area contributed by atoms with Gasteiger partial charge in [-0.15, -0.1) is 0 Å². The van der Waals surface area contributed by atoms with Crippen molar-refractivity contribution in [3.63, 3.8) is 0 Å². The van der Waals surface area contributed by atoms with Crippen LogP contribution in [0.5, 0.6) is 5.75 Å². The highest BCUT2D eigenvalue weighted by molar-refractivity contribution is 6.24. The van der Waals surface area contributed by atoms with Crippen LogP contribution in [0, 0.1) is 0 Å². The van der Waals surface area contributed by atoms with Crippen molar-refractivity contribution in [2.45, 2.75) is 12.0 Å². The summed E-state index contributed by atoms with van der Waals surface area (Å²) in [6, 6.07) is 96.7. The summed E-state index contributed by atoms with van der Waals surface area (Å²) in [7, 11) is 0. The Morgan fingerprint density at radius 2 is 0.636 bits per heavy atom. The van der Waals surface area contributed by atoms with Crippen molar-refractivity contribution in [3.05, 3.63) is 297 Å². The van der Waals surface area contributed by atoms with E-state index in [1.807, 2.05) is 36.4 Å². The highest BCUT2D eigenvalue weighted by Gasteiger charge is 2.33. The van der Waals surface area contributed by atoms with E-state index < -0.39 is 0 Å². The molecular weight excluding hydrogens is 1080 g/mol. The molecule has 19 rings (SSSR count). The molecule has 0 fully saturated rings. The molecule has 412 valence electrons. The van der Waals surface area contributed by atoms with Crippen LogP contribution in [0.25, 0.3) is 131 Å². The molecule has 6 nitrogen and oxygen atoms in total. The third-order valence-corrected chi connectivity index (χ3v) is 18.5. The van der Waals surface area contributed by atoms with Gasteiger partial charge in [-0.05, 0) is 168 Å². The van der Waals surface area contributed by atoms with Gasteiger partial charge in [-0.25, -0.2) is 0 Å². The molecule has 0 saturated heterocycles. The average molecular weight is 1130 g/mol. The maximum atomic E-state index is 6.76. The van der Waals surface area contributed by atoms with E-state index in [0.717, 1.165) is 149 Å². The summed E-state index contributed by atoms with van der Waals surface area (Å²) < 4.78 is 26.7. The molecule has 2 atom stereocenters. The molecule has 0 spiro atoms. The first-order chi connectivity index (χ1) is 43.6. The van der Waals surface area contributed by atoms with Crippen LogP contribution >= 0.6 is 0 Å². The summed E-state index contributed by atoms with van der Waals surface area (Å²) in [5, 5.41) is 15.7.